The van der Waals surface area contributed by atoms with Crippen molar-refractivity contribution in [2.45, 2.75) is 20.0 Å². The molecule has 5 N–H and O–H groups in total. The number of nitrogen functional groups attached to an aromatic ring is 1. The van der Waals surface area contributed by atoms with Crippen LogP contribution in [0.3, 0.4) is 0 Å². The number of amides is 1. The van der Waals surface area contributed by atoms with Crippen LogP contribution in [-0.2, 0) is 4.74 Å². The van der Waals surface area contributed by atoms with Gasteiger partial charge in [-0.15, -0.1) is 0 Å². The predicted octanol–water partition coefficient (Wildman–Crippen LogP) is 3.29. The molecule has 2 aromatic heterocycles. The minimum Gasteiger partial charge on any atom is -0.474 e. The molecule has 0 spiro atoms. The lowest BCUT2D eigenvalue weighted by Crippen LogP contribution is -2.27. The fourth-order valence-electron chi connectivity index (χ4n) is 4.27. The Morgan fingerprint density at radius 1 is 1.27 bits per heavy atom. The second-order valence-corrected chi connectivity index (χ2v) is 8.40. The molecule has 0 saturated carbocycles. The second-order valence-electron chi connectivity index (χ2n) is 8.40. The largest absolute Gasteiger partial charge is 0.474 e. The zero-order chi connectivity index (χ0) is 23.1. The van der Waals surface area contributed by atoms with E-state index in [1.54, 1.807) is 18.3 Å². The smallest absolute Gasteiger partial charge is 0.413 e. The summed E-state index contributed by atoms with van der Waals surface area (Å²) in [6, 6.07) is 3.33. The van der Waals surface area contributed by atoms with E-state index < -0.39 is 11.9 Å². The third kappa shape index (κ3) is 3.86. The first-order valence-electron chi connectivity index (χ1n) is 10.8. The SMILES string of the molecule is Cc1c(-c2cc3cc(NC(=O)O[C@@H]4CNC[C@@H]4C)ncc3c(N)c2F)cnc2c1NCCO2. The molecule has 1 amide bonds. The van der Waals surface area contributed by atoms with E-state index in [0.29, 0.717) is 53.3 Å². The third-order valence-corrected chi connectivity index (χ3v) is 6.17. The van der Waals surface area contributed by atoms with Gasteiger partial charge in [0, 0.05) is 54.5 Å². The number of nitrogens with one attached hydrogen (secondary N) is 3. The highest BCUT2D eigenvalue weighted by atomic mass is 19.1. The van der Waals surface area contributed by atoms with E-state index >= 15 is 4.39 Å². The van der Waals surface area contributed by atoms with Crippen molar-refractivity contribution in [1.29, 1.82) is 0 Å². The Balaban J connectivity index is 1.48. The summed E-state index contributed by atoms with van der Waals surface area (Å²) in [5.74, 6) is 0.476. The quantitative estimate of drug-likeness (QED) is 0.447. The maximum atomic E-state index is 15.3. The molecular formula is C23H25FN6O3. The van der Waals surface area contributed by atoms with Gasteiger partial charge in [-0.3, -0.25) is 5.32 Å². The van der Waals surface area contributed by atoms with Crippen LogP contribution in [0.2, 0.25) is 0 Å². The summed E-state index contributed by atoms with van der Waals surface area (Å²) in [4.78, 5) is 20.9. The van der Waals surface area contributed by atoms with Crippen molar-refractivity contribution in [3.05, 3.63) is 35.9 Å². The Labute approximate surface area is 189 Å². The minimum absolute atomic E-state index is 0.0173. The number of anilines is 3. The molecular weight excluding hydrogens is 427 g/mol. The fourth-order valence-corrected chi connectivity index (χ4v) is 4.27. The van der Waals surface area contributed by atoms with Gasteiger partial charge in [0.05, 0.1) is 5.69 Å². The van der Waals surface area contributed by atoms with Crippen molar-refractivity contribution in [2.24, 2.45) is 5.92 Å². The van der Waals surface area contributed by atoms with E-state index in [1.807, 2.05) is 13.8 Å². The van der Waals surface area contributed by atoms with Crippen molar-refractivity contribution in [3.8, 4) is 17.0 Å². The van der Waals surface area contributed by atoms with Gasteiger partial charge < -0.3 is 25.8 Å². The number of carbonyl (C=O) groups excluding carboxylic acids is 1. The number of halogens is 1. The molecule has 0 unspecified atom stereocenters. The lowest BCUT2D eigenvalue weighted by atomic mass is 9.97. The molecule has 0 bridgehead atoms. The molecule has 10 heteroatoms. The van der Waals surface area contributed by atoms with E-state index in [0.717, 1.165) is 17.8 Å². The van der Waals surface area contributed by atoms with E-state index in [4.69, 9.17) is 15.2 Å². The number of benzene rings is 1. The molecule has 3 aromatic rings. The van der Waals surface area contributed by atoms with Gasteiger partial charge >= 0.3 is 6.09 Å². The van der Waals surface area contributed by atoms with E-state index in [9.17, 15) is 4.79 Å². The molecule has 2 atom stereocenters. The lowest BCUT2D eigenvalue weighted by Gasteiger charge is -2.22. The molecule has 5 rings (SSSR count). The average Bonchev–Trinajstić information content (AvgIpc) is 3.21. The van der Waals surface area contributed by atoms with Crippen LogP contribution in [-0.4, -0.2) is 48.4 Å². The molecule has 172 valence electrons. The maximum absolute atomic E-state index is 15.3. The van der Waals surface area contributed by atoms with Crippen LogP contribution in [0.4, 0.5) is 26.4 Å². The highest BCUT2D eigenvalue weighted by molar-refractivity contribution is 5.99. The fraction of sp³-hybridized carbons (Fsp3) is 0.348. The Morgan fingerprint density at radius 3 is 2.91 bits per heavy atom. The van der Waals surface area contributed by atoms with E-state index in [-0.39, 0.29) is 17.7 Å². The summed E-state index contributed by atoms with van der Waals surface area (Å²) in [5.41, 5.74) is 8.58. The van der Waals surface area contributed by atoms with Gasteiger partial charge in [-0.25, -0.2) is 19.2 Å². The summed E-state index contributed by atoms with van der Waals surface area (Å²) in [5, 5.41) is 10.2. The van der Waals surface area contributed by atoms with E-state index in [1.165, 1.54) is 6.20 Å². The van der Waals surface area contributed by atoms with Crippen LogP contribution >= 0.6 is 0 Å². The first-order valence-corrected chi connectivity index (χ1v) is 10.8. The summed E-state index contributed by atoms with van der Waals surface area (Å²) in [6.07, 6.45) is 2.25. The molecule has 4 heterocycles. The first-order chi connectivity index (χ1) is 15.9. The average molecular weight is 452 g/mol. The minimum atomic E-state index is -0.585. The number of aromatic nitrogens is 2. The van der Waals surface area contributed by atoms with Crippen LogP contribution in [0, 0.1) is 18.7 Å². The van der Waals surface area contributed by atoms with Crippen LogP contribution < -0.4 is 26.4 Å². The number of ether oxygens (including phenoxy) is 2. The third-order valence-electron chi connectivity index (χ3n) is 6.17. The molecule has 0 radical (unpaired) electrons. The highest BCUT2D eigenvalue weighted by Crippen LogP contribution is 2.39. The predicted molar refractivity (Wildman–Crippen MR) is 124 cm³/mol. The van der Waals surface area contributed by atoms with Gasteiger partial charge in [0.25, 0.3) is 0 Å². The monoisotopic (exact) mass is 452 g/mol. The van der Waals surface area contributed by atoms with Gasteiger partial charge in [-0.1, -0.05) is 6.92 Å². The summed E-state index contributed by atoms with van der Waals surface area (Å²) in [7, 11) is 0. The molecule has 1 saturated heterocycles. The lowest BCUT2D eigenvalue weighted by molar-refractivity contribution is 0.100. The van der Waals surface area contributed by atoms with Gasteiger partial charge in [0.2, 0.25) is 5.88 Å². The van der Waals surface area contributed by atoms with Crippen LogP contribution in [0.15, 0.2) is 24.5 Å². The van der Waals surface area contributed by atoms with Crippen LogP contribution in [0.1, 0.15) is 12.5 Å². The molecule has 2 aliphatic rings. The van der Waals surface area contributed by atoms with Crippen molar-refractivity contribution >= 4 is 34.1 Å². The summed E-state index contributed by atoms with van der Waals surface area (Å²) < 4.78 is 26.3. The number of carbonyl (C=O) groups is 1. The molecule has 33 heavy (non-hydrogen) atoms. The Kier molecular flexibility index (Phi) is 5.37. The Morgan fingerprint density at radius 2 is 2.12 bits per heavy atom. The van der Waals surface area contributed by atoms with Gasteiger partial charge in [-0.05, 0) is 30.0 Å². The second kappa shape index (κ2) is 8.36. The Hall–Kier alpha value is -3.66. The number of hydrogen-bond donors (Lipinski definition) is 4. The molecule has 9 nitrogen and oxygen atoms in total. The van der Waals surface area contributed by atoms with Crippen molar-refractivity contribution in [3.63, 3.8) is 0 Å². The van der Waals surface area contributed by atoms with Gasteiger partial charge in [-0.2, -0.15) is 0 Å². The number of pyridine rings is 2. The van der Waals surface area contributed by atoms with Gasteiger partial charge in [0.15, 0.2) is 5.82 Å². The standard InChI is InChI=1S/C23H25FN6O3/c1-11-7-26-10-17(11)33-23(31)30-18-6-13-5-14(19(24)20(25)16(13)9-28-18)15-8-29-22-21(12(15)2)27-3-4-32-22/h5-6,8-9,11,17,26-27H,3-4,7,10,25H2,1-2H3,(H,28,30,31)/t11-,17+/m0/s1. The number of nitrogens with zero attached hydrogens (tertiary/aromatic N) is 2. The van der Waals surface area contributed by atoms with Crippen LogP contribution in [0.25, 0.3) is 21.9 Å². The highest BCUT2D eigenvalue weighted by Gasteiger charge is 2.27. The summed E-state index contributed by atoms with van der Waals surface area (Å²) in [6.45, 7) is 6.49. The van der Waals surface area contributed by atoms with Gasteiger partial charge in [0.1, 0.15) is 24.2 Å². The first kappa shape index (κ1) is 21.2. The number of nitrogens with two attached hydrogens (primary N) is 1. The molecule has 1 fully saturated rings. The zero-order valence-corrected chi connectivity index (χ0v) is 18.4. The maximum Gasteiger partial charge on any atom is 0.413 e. The van der Waals surface area contributed by atoms with Crippen molar-refractivity contribution < 1.29 is 18.7 Å². The van der Waals surface area contributed by atoms with Crippen LogP contribution in [0.5, 0.6) is 5.88 Å². The topological polar surface area (TPSA) is 123 Å². The van der Waals surface area contributed by atoms with Crippen molar-refractivity contribution in [2.75, 3.05) is 42.6 Å². The number of fused-ring (bicyclic) bond motifs is 2. The molecule has 0 aliphatic carbocycles. The van der Waals surface area contributed by atoms with Crippen molar-refractivity contribution in [1.82, 2.24) is 15.3 Å². The Bertz CT molecular complexity index is 1250. The normalized spacial score (nSPS) is 19.5. The van der Waals surface area contributed by atoms with E-state index in [2.05, 4.69) is 25.9 Å². The number of rotatable bonds is 3. The molecule has 1 aromatic carbocycles. The summed E-state index contributed by atoms with van der Waals surface area (Å²) >= 11 is 0. The number of hydrogen-bond acceptors (Lipinski definition) is 8. The molecule has 2 aliphatic heterocycles. The zero-order valence-electron chi connectivity index (χ0n) is 18.4.